The summed E-state index contributed by atoms with van der Waals surface area (Å²) >= 11 is 0. The molecule has 0 heterocycles. The van der Waals surface area contributed by atoms with E-state index in [-0.39, 0.29) is 18.0 Å². The fourth-order valence-electron chi connectivity index (χ4n) is 3.61. The predicted octanol–water partition coefficient (Wildman–Crippen LogP) is 2.90. The first-order valence-electron chi connectivity index (χ1n) is 8.42. The molecule has 0 spiro atoms. The Hall–Kier alpha value is -1.26. The van der Waals surface area contributed by atoms with Gasteiger partial charge in [-0.15, -0.1) is 0 Å². The van der Waals surface area contributed by atoms with Crippen molar-refractivity contribution in [1.29, 1.82) is 0 Å². The third-order valence-electron chi connectivity index (χ3n) is 4.96. The minimum atomic E-state index is -0.704. The SMILES string of the molecule is O=C(NCCCC1CCCC1)NC1CCC(C(=O)O)CC1. The lowest BCUT2D eigenvalue weighted by molar-refractivity contribution is -0.142. The monoisotopic (exact) mass is 296 g/mol. The van der Waals surface area contributed by atoms with E-state index < -0.39 is 5.97 Å². The quantitative estimate of drug-likeness (QED) is 0.659. The number of carboxylic acid groups (broad SMARTS) is 1. The molecule has 0 bridgehead atoms. The first kappa shape index (κ1) is 16.1. The van der Waals surface area contributed by atoms with E-state index in [9.17, 15) is 9.59 Å². The molecule has 120 valence electrons. The van der Waals surface area contributed by atoms with Crippen LogP contribution in [0.2, 0.25) is 0 Å². The Morgan fingerprint density at radius 3 is 2.29 bits per heavy atom. The molecule has 0 aromatic rings. The molecule has 2 aliphatic rings. The molecule has 2 saturated carbocycles. The molecule has 5 heteroatoms. The highest BCUT2D eigenvalue weighted by atomic mass is 16.4. The summed E-state index contributed by atoms with van der Waals surface area (Å²) in [5, 5.41) is 14.8. The van der Waals surface area contributed by atoms with Gasteiger partial charge in [-0.05, 0) is 44.4 Å². The van der Waals surface area contributed by atoms with Crippen LogP contribution in [0, 0.1) is 11.8 Å². The first-order chi connectivity index (χ1) is 10.1. The molecule has 0 aromatic heterocycles. The van der Waals surface area contributed by atoms with Crippen molar-refractivity contribution in [3.8, 4) is 0 Å². The van der Waals surface area contributed by atoms with Crippen molar-refractivity contribution in [2.75, 3.05) is 6.54 Å². The smallest absolute Gasteiger partial charge is 0.315 e. The maximum atomic E-state index is 11.8. The number of hydrogen-bond acceptors (Lipinski definition) is 2. The predicted molar refractivity (Wildman–Crippen MR) is 81.1 cm³/mol. The average Bonchev–Trinajstić information content (AvgIpc) is 2.97. The van der Waals surface area contributed by atoms with E-state index >= 15 is 0 Å². The van der Waals surface area contributed by atoms with Gasteiger partial charge in [-0.1, -0.05) is 25.7 Å². The zero-order valence-electron chi connectivity index (χ0n) is 12.8. The van der Waals surface area contributed by atoms with E-state index in [1.165, 1.54) is 32.1 Å². The van der Waals surface area contributed by atoms with E-state index in [1.54, 1.807) is 0 Å². The van der Waals surface area contributed by atoms with Gasteiger partial charge in [0.1, 0.15) is 0 Å². The second kappa shape index (κ2) is 8.25. The van der Waals surface area contributed by atoms with Gasteiger partial charge in [0, 0.05) is 12.6 Å². The first-order valence-corrected chi connectivity index (χ1v) is 8.42. The number of rotatable bonds is 6. The maximum Gasteiger partial charge on any atom is 0.315 e. The lowest BCUT2D eigenvalue weighted by Crippen LogP contribution is -2.44. The van der Waals surface area contributed by atoms with E-state index in [2.05, 4.69) is 10.6 Å². The zero-order chi connectivity index (χ0) is 15.1. The van der Waals surface area contributed by atoms with Crippen LogP contribution in [0.15, 0.2) is 0 Å². The molecule has 2 rings (SSSR count). The van der Waals surface area contributed by atoms with Crippen LogP contribution in [-0.2, 0) is 4.79 Å². The summed E-state index contributed by atoms with van der Waals surface area (Å²) in [6, 6.07) is 0.0376. The van der Waals surface area contributed by atoms with Crippen LogP contribution < -0.4 is 10.6 Å². The normalized spacial score (nSPS) is 26.5. The molecule has 5 nitrogen and oxygen atoms in total. The van der Waals surface area contributed by atoms with Crippen molar-refractivity contribution < 1.29 is 14.7 Å². The number of amides is 2. The summed E-state index contributed by atoms with van der Waals surface area (Å²) in [4.78, 5) is 22.7. The largest absolute Gasteiger partial charge is 0.481 e. The Morgan fingerprint density at radius 2 is 1.67 bits per heavy atom. The van der Waals surface area contributed by atoms with Crippen molar-refractivity contribution in [1.82, 2.24) is 10.6 Å². The molecule has 2 aliphatic carbocycles. The molecule has 2 fully saturated rings. The van der Waals surface area contributed by atoms with Crippen LogP contribution in [0.25, 0.3) is 0 Å². The molecule has 0 unspecified atom stereocenters. The van der Waals surface area contributed by atoms with Gasteiger partial charge >= 0.3 is 12.0 Å². The Labute approximate surface area is 126 Å². The highest BCUT2D eigenvalue weighted by Crippen LogP contribution is 2.28. The third-order valence-corrected chi connectivity index (χ3v) is 4.96. The van der Waals surface area contributed by atoms with Gasteiger partial charge < -0.3 is 15.7 Å². The van der Waals surface area contributed by atoms with Gasteiger partial charge in [0.2, 0.25) is 0 Å². The highest BCUT2D eigenvalue weighted by molar-refractivity contribution is 5.74. The number of carbonyl (C=O) groups is 2. The zero-order valence-corrected chi connectivity index (χ0v) is 12.8. The fourth-order valence-corrected chi connectivity index (χ4v) is 3.61. The van der Waals surface area contributed by atoms with Gasteiger partial charge in [-0.25, -0.2) is 4.79 Å². The summed E-state index contributed by atoms with van der Waals surface area (Å²) in [6.45, 7) is 0.743. The molecule has 0 saturated heterocycles. The minimum Gasteiger partial charge on any atom is -0.481 e. The number of hydrogen-bond donors (Lipinski definition) is 3. The molecular weight excluding hydrogens is 268 g/mol. The summed E-state index contributed by atoms with van der Waals surface area (Å²) in [7, 11) is 0. The molecular formula is C16H28N2O3. The van der Waals surface area contributed by atoms with Crippen LogP contribution in [-0.4, -0.2) is 29.7 Å². The highest BCUT2D eigenvalue weighted by Gasteiger charge is 2.26. The van der Waals surface area contributed by atoms with Crippen LogP contribution in [0.4, 0.5) is 4.79 Å². The van der Waals surface area contributed by atoms with Crippen LogP contribution in [0.5, 0.6) is 0 Å². The minimum absolute atomic E-state index is 0.0970. The van der Waals surface area contributed by atoms with E-state index in [0.29, 0.717) is 12.8 Å². The molecule has 2 amide bonds. The maximum absolute atomic E-state index is 11.8. The number of carboxylic acids is 1. The third kappa shape index (κ3) is 5.56. The van der Waals surface area contributed by atoms with E-state index in [1.807, 2.05) is 0 Å². The van der Waals surface area contributed by atoms with Crippen molar-refractivity contribution in [3.05, 3.63) is 0 Å². The summed E-state index contributed by atoms with van der Waals surface area (Å²) in [6.07, 6.45) is 10.6. The van der Waals surface area contributed by atoms with Gasteiger partial charge in [-0.3, -0.25) is 4.79 Å². The molecule has 0 radical (unpaired) electrons. The fraction of sp³-hybridized carbons (Fsp3) is 0.875. The van der Waals surface area contributed by atoms with Crippen molar-refractivity contribution in [2.24, 2.45) is 11.8 Å². The molecule has 0 aliphatic heterocycles. The van der Waals surface area contributed by atoms with Crippen molar-refractivity contribution in [3.63, 3.8) is 0 Å². The van der Waals surface area contributed by atoms with Gasteiger partial charge in [0.05, 0.1) is 5.92 Å². The second-order valence-corrected chi connectivity index (χ2v) is 6.58. The lowest BCUT2D eigenvalue weighted by atomic mass is 9.86. The molecule has 21 heavy (non-hydrogen) atoms. The number of nitrogens with one attached hydrogen (secondary N) is 2. The average molecular weight is 296 g/mol. The van der Waals surface area contributed by atoms with Crippen LogP contribution >= 0.6 is 0 Å². The number of urea groups is 1. The lowest BCUT2D eigenvalue weighted by Gasteiger charge is -2.26. The van der Waals surface area contributed by atoms with Crippen LogP contribution in [0.1, 0.15) is 64.2 Å². The van der Waals surface area contributed by atoms with E-state index in [4.69, 9.17) is 5.11 Å². The Bertz CT molecular complexity index is 345. The van der Waals surface area contributed by atoms with Gasteiger partial charge in [-0.2, -0.15) is 0 Å². The summed E-state index contributed by atoms with van der Waals surface area (Å²) in [5.74, 6) is -0.0523. The van der Waals surface area contributed by atoms with Crippen molar-refractivity contribution in [2.45, 2.75) is 70.3 Å². The number of aliphatic carboxylic acids is 1. The summed E-state index contributed by atoms with van der Waals surface area (Å²) < 4.78 is 0. The van der Waals surface area contributed by atoms with E-state index in [0.717, 1.165) is 31.7 Å². The molecule has 0 aromatic carbocycles. The standard InChI is InChI=1S/C16H28N2O3/c19-15(20)13-7-9-14(10-8-13)18-16(21)17-11-3-6-12-4-1-2-5-12/h12-14H,1-11H2,(H,19,20)(H2,17,18,21). The van der Waals surface area contributed by atoms with Crippen molar-refractivity contribution >= 4 is 12.0 Å². The number of carbonyl (C=O) groups excluding carboxylic acids is 1. The van der Waals surface area contributed by atoms with Crippen LogP contribution in [0.3, 0.4) is 0 Å². The molecule has 0 atom stereocenters. The summed E-state index contributed by atoms with van der Waals surface area (Å²) in [5.41, 5.74) is 0. The topological polar surface area (TPSA) is 78.4 Å². The van der Waals surface area contributed by atoms with Gasteiger partial charge in [0.15, 0.2) is 0 Å². The Kier molecular flexibility index (Phi) is 6.33. The van der Waals surface area contributed by atoms with Gasteiger partial charge in [0.25, 0.3) is 0 Å². The second-order valence-electron chi connectivity index (χ2n) is 6.58. The Balaban J connectivity index is 1.52. The molecule has 3 N–H and O–H groups in total. The Morgan fingerprint density at radius 1 is 1.00 bits per heavy atom.